The topological polar surface area (TPSA) is 55.2 Å². The highest BCUT2D eigenvalue weighted by molar-refractivity contribution is 7.87. The Balaban J connectivity index is 3.32. The van der Waals surface area contributed by atoms with E-state index in [9.17, 15) is 8.42 Å². The highest BCUT2D eigenvalue weighted by Gasteiger charge is 2.22. The number of hydrogen-bond donors (Lipinski definition) is 0. The van der Waals surface area contributed by atoms with Gasteiger partial charge in [-0.05, 0) is 0 Å². The quantitative estimate of drug-likeness (QED) is 0.746. The summed E-state index contributed by atoms with van der Waals surface area (Å²) in [6, 6.07) is 0. The summed E-state index contributed by atoms with van der Waals surface area (Å²) in [6.07, 6.45) is 3.23. The summed E-state index contributed by atoms with van der Waals surface area (Å²) >= 11 is 5.82. The lowest BCUT2D eigenvalue weighted by molar-refractivity contribution is 0.501. The van der Waals surface area contributed by atoms with Gasteiger partial charge in [0, 0.05) is 20.5 Å². The lowest BCUT2D eigenvalue weighted by atomic mass is 10.3. The van der Waals surface area contributed by atoms with Crippen molar-refractivity contribution in [1.82, 2.24) is 13.5 Å². The fourth-order valence-corrected chi connectivity index (χ4v) is 2.18. The number of rotatable bonds is 4. The summed E-state index contributed by atoms with van der Waals surface area (Å²) in [4.78, 5) is 0. The van der Waals surface area contributed by atoms with E-state index < -0.39 is 10.2 Å². The summed E-state index contributed by atoms with van der Waals surface area (Å²) in [6.45, 7) is 3.54. The molecule has 1 rings (SSSR count). The second-order valence-electron chi connectivity index (χ2n) is 3.07. The van der Waals surface area contributed by atoms with Crippen molar-refractivity contribution in [3.8, 4) is 0 Å². The standard InChI is InChI=1S/C8H12ClN3O2S/c1-4-5-8-7(9)6-10-12(8)15(13,14)11(2)3/h4,6H,1,5H2,2-3H3. The van der Waals surface area contributed by atoms with E-state index in [0.717, 1.165) is 8.39 Å². The molecule has 84 valence electrons. The molecule has 0 aliphatic carbocycles. The van der Waals surface area contributed by atoms with Crippen molar-refractivity contribution in [2.24, 2.45) is 0 Å². The van der Waals surface area contributed by atoms with Crippen molar-refractivity contribution in [1.29, 1.82) is 0 Å². The van der Waals surface area contributed by atoms with Crippen molar-refractivity contribution in [3.63, 3.8) is 0 Å². The van der Waals surface area contributed by atoms with Crippen molar-refractivity contribution in [2.45, 2.75) is 6.42 Å². The van der Waals surface area contributed by atoms with Gasteiger partial charge in [0.1, 0.15) is 0 Å². The molecule has 0 atom stereocenters. The van der Waals surface area contributed by atoms with E-state index in [1.165, 1.54) is 20.3 Å². The number of nitrogens with zero attached hydrogens (tertiary/aromatic N) is 3. The number of aromatic nitrogens is 2. The smallest absolute Gasteiger partial charge is 0.189 e. The average Bonchev–Trinajstić information content (AvgIpc) is 2.49. The maximum atomic E-state index is 11.8. The summed E-state index contributed by atoms with van der Waals surface area (Å²) in [5, 5.41) is 4.05. The van der Waals surface area contributed by atoms with Crippen molar-refractivity contribution >= 4 is 21.8 Å². The Morgan fingerprint density at radius 3 is 2.73 bits per heavy atom. The van der Waals surface area contributed by atoms with E-state index in [4.69, 9.17) is 11.6 Å². The molecule has 15 heavy (non-hydrogen) atoms. The summed E-state index contributed by atoms with van der Waals surface area (Å²) < 4.78 is 25.5. The lowest BCUT2D eigenvalue weighted by Crippen LogP contribution is -2.30. The molecule has 0 spiro atoms. The Kier molecular flexibility index (Phi) is 3.54. The van der Waals surface area contributed by atoms with Gasteiger partial charge in [0.15, 0.2) is 0 Å². The van der Waals surface area contributed by atoms with Crippen LogP contribution < -0.4 is 0 Å². The van der Waals surface area contributed by atoms with E-state index in [-0.39, 0.29) is 0 Å². The van der Waals surface area contributed by atoms with Gasteiger partial charge in [-0.15, -0.1) is 10.7 Å². The third kappa shape index (κ3) is 2.22. The van der Waals surface area contributed by atoms with E-state index >= 15 is 0 Å². The van der Waals surface area contributed by atoms with Gasteiger partial charge >= 0.3 is 10.2 Å². The van der Waals surface area contributed by atoms with Crippen LogP contribution in [0.25, 0.3) is 0 Å². The predicted octanol–water partition coefficient (Wildman–Crippen LogP) is 0.919. The molecule has 0 aliphatic heterocycles. The van der Waals surface area contributed by atoms with Crippen LogP contribution >= 0.6 is 11.6 Å². The molecule has 0 unspecified atom stereocenters. The molecule has 0 saturated heterocycles. The zero-order chi connectivity index (χ0) is 11.6. The Hall–Kier alpha value is -0.850. The molecule has 0 bridgehead atoms. The third-order valence-corrected chi connectivity index (χ3v) is 3.79. The third-order valence-electron chi connectivity index (χ3n) is 1.80. The average molecular weight is 250 g/mol. The molecule has 0 fully saturated rings. The second-order valence-corrected chi connectivity index (χ2v) is 5.44. The molecule has 5 nitrogen and oxygen atoms in total. The molecule has 0 radical (unpaired) electrons. The van der Waals surface area contributed by atoms with Crippen LogP contribution in [-0.2, 0) is 16.6 Å². The van der Waals surface area contributed by atoms with E-state index in [1.807, 2.05) is 0 Å². The number of halogens is 1. The van der Waals surface area contributed by atoms with Crippen LogP contribution in [0.2, 0.25) is 5.02 Å². The normalized spacial score (nSPS) is 12.0. The maximum Gasteiger partial charge on any atom is 0.322 e. The van der Waals surface area contributed by atoms with Crippen molar-refractivity contribution in [2.75, 3.05) is 14.1 Å². The minimum Gasteiger partial charge on any atom is -0.189 e. The molecule has 1 aromatic rings. The van der Waals surface area contributed by atoms with E-state index in [2.05, 4.69) is 11.7 Å². The lowest BCUT2D eigenvalue weighted by Gasteiger charge is -2.13. The van der Waals surface area contributed by atoms with Gasteiger partial charge in [-0.1, -0.05) is 17.7 Å². The van der Waals surface area contributed by atoms with Gasteiger partial charge in [0.2, 0.25) is 0 Å². The Morgan fingerprint density at radius 2 is 2.27 bits per heavy atom. The molecule has 0 amide bonds. The van der Waals surface area contributed by atoms with Crippen LogP contribution in [0.4, 0.5) is 0 Å². The van der Waals surface area contributed by atoms with E-state index in [1.54, 1.807) is 6.08 Å². The molecular formula is C8H12ClN3O2S. The minimum absolute atomic E-state index is 0.320. The van der Waals surface area contributed by atoms with E-state index in [0.29, 0.717) is 17.1 Å². The molecule has 1 aromatic heterocycles. The van der Waals surface area contributed by atoms with Crippen LogP contribution in [0.15, 0.2) is 18.9 Å². The molecule has 0 N–H and O–H groups in total. The zero-order valence-corrected chi connectivity index (χ0v) is 10.1. The highest BCUT2D eigenvalue weighted by atomic mass is 35.5. The van der Waals surface area contributed by atoms with Crippen LogP contribution in [0.5, 0.6) is 0 Å². The fourth-order valence-electron chi connectivity index (χ4n) is 1.00. The largest absolute Gasteiger partial charge is 0.322 e. The van der Waals surface area contributed by atoms with Gasteiger partial charge < -0.3 is 0 Å². The van der Waals surface area contributed by atoms with Crippen molar-refractivity contribution < 1.29 is 8.42 Å². The first-order chi connectivity index (χ1) is 6.91. The predicted molar refractivity (Wildman–Crippen MR) is 59.1 cm³/mol. The second kappa shape index (κ2) is 4.34. The fraction of sp³-hybridized carbons (Fsp3) is 0.375. The maximum absolute atomic E-state index is 11.8. The first kappa shape index (κ1) is 12.2. The first-order valence-corrected chi connectivity index (χ1v) is 5.95. The molecule has 1 heterocycles. The van der Waals surface area contributed by atoms with Crippen LogP contribution in [0, 0.1) is 0 Å². The Morgan fingerprint density at radius 1 is 1.67 bits per heavy atom. The van der Waals surface area contributed by atoms with Crippen LogP contribution in [0.1, 0.15) is 5.69 Å². The van der Waals surface area contributed by atoms with Crippen molar-refractivity contribution in [3.05, 3.63) is 29.6 Å². The van der Waals surface area contributed by atoms with Gasteiger partial charge in [-0.2, -0.15) is 17.8 Å². The summed E-state index contributed by atoms with van der Waals surface area (Å²) in [5.74, 6) is 0. The highest BCUT2D eigenvalue weighted by Crippen LogP contribution is 2.18. The summed E-state index contributed by atoms with van der Waals surface area (Å²) in [5.41, 5.74) is 0.417. The van der Waals surface area contributed by atoms with Gasteiger partial charge in [0.25, 0.3) is 0 Å². The van der Waals surface area contributed by atoms with Gasteiger partial charge in [0.05, 0.1) is 16.9 Å². The monoisotopic (exact) mass is 249 g/mol. The van der Waals surface area contributed by atoms with Gasteiger partial charge in [-0.25, -0.2) is 0 Å². The summed E-state index contributed by atoms with van der Waals surface area (Å²) in [7, 11) is -0.736. The zero-order valence-electron chi connectivity index (χ0n) is 8.51. The van der Waals surface area contributed by atoms with Crippen LogP contribution in [0.3, 0.4) is 0 Å². The molecule has 7 heteroatoms. The van der Waals surface area contributed by atoms with Crippen LogP contribution in [-0.4, -0.2) is 36.0 Å². The first-order valence-electron chi connectivity index (χ1n) is 4.17. The number of hydrogen-bond acceptors (Lipinski definition) is 3. The molecular weight excluding hydrogens is 238 g/mol. The molecule has 0 aromatic carbocycles. The SMILES string of the molecule is C=CCc1c(Cl)cnn1S(=O)(=O)N(C)C. The minimum atomic E-state index is -3.60. The number of allylic oxidation sites excluding steroid dienone is 1. The van der Waals surface area contributed by atoms with Gasteiger partial charge in [-0.3, -0.25) is 0 Å². The Labute approximate surface area is 94.1 Å². The molecule has 0 aliphatic rings. The molecule has 0 saturated carbocycles. The Bertz CT molecular complexity index is 464.